The molecule has 0 saturated carbocycles. The summed E-state index contributed by atoms with van der Waals surface area (Å²) in [6.07, 6.45) is 1.38. The highest BCUT2D eigenvalue weighted by molar-refractivity contribution is 7.99. The third-order valence-electron chi connectivity index (χ3n) is 2.93. The van der Waals surface area contributed by atoms with E-state index < -0.39 is 6.10 Å². The monoisotopic (exact) mass is 311 g/mol. The molecule has 1 atom stereocenters. The van der Waals surface area contributed by atoms with Gasteiger partial charge in [0.2, 0.25) is 5.91 Å². The molecule has 1 aromatic carbocycles. The number of ether oxygens (including phenoxy) is 1. The Balaban J connectivity index is 2.03. The number of benzene rings is 1. The largest absolute Gasteiger partial charge is 0.388 e. The first-order chi connectivity index (χ1) is 10.2. The number of unbranched alkanes of at least 4 members (excludes halogenated alkanes) is 1. The van der Waals surface area contributed by atoms with Crippen molar-refractivity contribution in [2.24, 2.45) is 0 Å². The molecule has 0 saturated heterocycles. The van der Waals surface area contributed by atoms with Crippen LogP contribution in [0.15, 0.2) is 30.3 Å². The predicted molar refractivity (Wildman–Crippen MR) is 87.5 cm³/mol. The summed E-state index contributed by atoms with van der Waals surface area (Å²) in [4.78, 5) is 11.6. The van der Waals surface area contributed by atoms with Gasteiger partial charge in [-0.2, -0.15) is 0 Å². The fourth-order valence-electron chi connectivity index (χ4n) is 1.79. The zero-order valence-electron chi connectivity index (χ0n) is 12.6. The van der Waals surface area contributed by atoms with E-state index in [1.54, 1.807) is 0 Å². The van der Waals surface area contributed by atoms with E-state index in [0.29, 0.717) is 18.1 Å². The minimum atomic E-state index is -0.518. The Bertz CT molecular complexity index is 386. The van der Waals surface area contributed by atoms with Crippen molar-refractivity contribution in [1.82, 2.24) is 5.32 Å². The molecule has 0 aromatic heterocycles. The van der Waals surface area contributed by atoms with Gasteiger partial charge in [-0.25, -0.2) is 0 Å². The highest BCUT2D eigenvalue weighted by Gasteiger charge is 2.08. The second-order valence-corrected chi connectivity index (χ2v) is 5.73. The first kappa shape index (κ1) is 18.0. The summed E-state index contributed by atoms with van der Waals surface area (Å²) in [6.45, 7) is 4.16. The van der Waals surface area contributed by atoms with E-state index in [-0.39, 0.29) is 5.91 Å². The molecule has 0 aliphatic heterocycles. The molecule has 0 heterocycles. The first-order valence-corrected chi connectivity index (χ1v) is 8.54. The van der Waals surface area contributed by atoms with E-state index in [4.69, 9.17) is 4.74 Å². The van der Waals surface area contributed by atoms with Crippen LogP contribution in [0.2, 0.25) is 0 Å². The van der Waals surface area contributed by atoms with Gasteiger partial charge in [-0.15, -0.1) is 11.8 Å². The Hall–Kier alpha value is -1.04. The Labute approximate surface area is 131 Å². The summed E-state index contributed by atoms with van der Waals surface area (Å²) >= 11 is 1.45. The molecule has 1 amide bonds. The fraction of sp³-hybridized carbons (Fsp3) is 0.562. The summed E-state index contributed by atoms with van der Waals surface area (Å²) in [5, 5.41) is 12.8. The zero-order valence-corrected chi connectivity index (χ0v) is 13.4. The van der Waals surface area contributed by atoms with Crippen molar-refractivity contribution in [3.05, 3.63) is 35.9 Å². The van der Waals surface area contributed by atoms with Crippen molar-refractivity contribution in [3.63, 3.8) is 0 Å². The maximum atomic E-state index is 11.6. The topological polar surface area (TPSA) is 58.6 Å². The molecule has 1 aromatic rings. The minimum absolute atomic E-state index is 0.0247. The van der Waals surface area contributed by atoms with Gasteiger partial charge in [0.25, 0.3) is 0 Å². The van der Waals surface area contributed by atoms with Crippen molar-refractivity contribution >= 4 is 17.7 Å². The quantitative estimate of drug-likeness (QED) is 0.616. The van der Waals surface area contributed by atoms with Crippen LogP contribution in [0.1, 0.15) is 31.4 Å². The molecule has 118 valence electrons. The lowest BCUT2D eigenvalue weighted by atomic mass is 10.1. The summed E-state index contributed by atoms with van der Waals surface area (Å²) in [5.74, 6) is 0.939. The van der Waals surface area contributed by atoms with Crippen molar-refractivity contribution in [1.29, 1.82) is 0 Å². The van der Waals surface area contributed by atoms with E-state index in [2.05, 4.69) is 5.32 Å². The number of hydrogen-bond acceptors (Lipinski definition) is 4. The number of aliphatic hydroxyl groups excluding tert-OH is 1. The van der Waals surface area contributed by atoms with Crippen molar-refractivity contribution in [2.45, 2.75) is 25.9 Å². The van der Waals surface area contributed by atoms with E-state index in [0.717, 1.165) is 31.6 Å². The van der Waals surface area contributed by atoms with Crippen LogP contribution in [0.4, 0.5) is 0 Å². The summed E-state index contributed by atoms with van der Waals surface area (Å²) in [7, 11) is 0. The predicted octanol–water partition coefficient (Wildman–Crippen LogP) is 2.39. The van der Waals surface area contributed by atoms with E-state index in [9.17, 15) is 9.90 Å². The first-order valence-electron chi connectivity index (χ1n) is 7.39. The van der Waals surface area contributed by atoms with Gasteiger partial charge in [0.1, 0.15) is 0 Å². The molecule has 1 unspecified atom stereocenters. The molecule has 0 bridgehead atoms. The highest BCUT2D eigenvalue weighted by atomic mass is 32.2. The Kier molecular flexibility index (Phi) is 9.95. The lowest BCUT2D eigenvalue weighted by Gasteiger charge is -2.10. The molecule has 4 nitrogen and oxygen atoms in total. The van der Waals surface area contributed by atoms with Gasteiger partial charge in [0.15, 0.2) is 0 Å². The van der Waals surface area contributed by atoms with E-state index in [1.807, 2.05) is 37.3 Å². The average Bonchev–Trinajstić information content (AvgIpc) is 2.51. The smallest absolute Gasteiger partial charge is 0.229 e. The average molecular weight is 311 g/mol. The van der Waals surface area contributed by atoms with E-state index >= 15 is 0 Å². The lowest BCUT2D eigenvalue weighted by molar-refractivity contribution is -0.118. The summed E-state index contributed by atoms with van der Waals surface area (Å²) in [6, 6.07) is 9.51. The van der Waals surface area contributed by atoms with Crippen LogP contribution in [-0.2, 0) is 9.53 Å². The van der Waals surface area contributed by atoms with Gasteiger partial charge in [0, 0.05) is 25.5 Å². The number of amides is 1. The van der Waals surface area contributed by atoms with Gasteiger partial charge in [-0.3, -0.25) is 4.79 Å². The second kappa shape index (κ2) is 11.6. The summed E-state index contributed by atoms with van der Waals surface area (Å²) < 4.78 is 5.23. The molecule has 2 N–H and O–H groups in total. The van der Waals surface area contributed by atoms with Crippen molar-refractivity contribution in [2.75, 3.05) is 31.3 Å². The van der Waals surface area contributed by atoms with Gasteiger partial charge in [-0.05, 0) is 25.3 Å². The van der Waals surface area contributed by atoms with Crippen molar-refractivity contribution < 1.29 is 14.6 Å². The van der Waals surface area contributed by atoms with Gasteiger partial charge in [0.05, 0.1) is 11.9 Å². The molecular weight excluding hydrogens is 286 g/mol. The lowest BCUT2D eigenvalue weighted by Crippen LogP contribution is -2.26. The molecular formula is C16H25NO3S. The molecule has 1 rings (SSSR count). The third-order valence-corrected chi connectivity index (χ3v) is 3.95. The van der Waals surface area contributed by atoms with Crippen LogP contribution in [0, 0.1) is 0 Å². The Morgan fingerprint density at radius 2 is 2.10 bits per heavy atom. The van der Waals surface area contributed by atoms with Gasteiger partial charge < -0.3 is 15.2 Å². The van der Waals surface area contributed by atoms with Crippen molar-refractivity contribution in [3.8, 4) is 0 Å². The number of carbonyl (C=O) groups excluding carboxylic acids is 1. The molecule has 0 aliphatic rings. The number of hydrogen-bond donors (Lipinski definition) is 2. The Morgan fingerprint density at radius 3 is 2.81 bits per heavy atom. The number of thioether (sulfide) groups is 1. The number of carbonyl (C=O) groups is 1. The maximum Gasteiger partial charge on any atom is 0.229 e. The van der Waals surface area contributed by atoms with Crippen LogP contribution >= 0.6 is 11.8 Å². The van der Waals surface area contributed by atoms with Gasteiger partial charge in [-0.1, -0.05) is 30.3 Å². The second-order valence-electron chi connectivity index (χ2n) is 4.70. The minimum Gasteiger partial charge on any atom is -0.388 e. The Morgan fingerprint density at radius 1 is 1.33 bits per heavy atom. The van der Waals surface area contributed by atoms with Crippen LogP contribution in [-0.4, -0.2) is 42.3 Å². The normalized spacial score (nSPS) is 12.1. The standard InChI is InChI=1S/C16H25NO3S/c1-2-20-11-7-6-10-17-16(19)13-21-12-15(18)14-8-4-3-5-9-14/h3-5,8-9,15,18H,2,6-7,10-13H2,1H3,(H,17,19). The maximum absolute atomic E-state index is 11.6. The number of aliphatic hydroxyl groups is 1. The van der Waals surface area contributed by atoms with E-state index in [1.165, 1.54) is 11.8 Å². The molecule has 0 aliphatic carbocycles. The van der Waals surface area contributed by atoms with Crippen LogP contribution < -0.4 is 5.32 Å². The fourth-order valence-corrected chi connectivity index (χ4v) is 2.61. The molecule has 0 spiro atoms. The van der Waals surface area contributed by atoms with Crippen LogP contribution in [0.25, 0.3) is 0 Å². The third kappa shape index (κ3) is 8.75. The van der Waals surface area contributed by atoms with Crippen LogP contribution in [0.3, 0.4) is 0 Å². The van der Waals surface area contributed by atoms with Crippen LogP contribution in [0.5, 0.6) is 0 Å². The number of rotatable bonds is 11. The molecule has 0 fully saturated rings. The zero-order chi connectivity index (χ0) is 15.3. The SMILES string of the molecule is CCOCCCCNC(=O)CSCC(O)c1ccccc1. The summed E-state index contributed by atoms with van der Waals surface area (Å²) in [5.41, 5.74) is 0.890. The highest BCUT2D eigenvalue weighted by Crippen LogP contribution is 2.17. The van der Waals surface area contributed by atoms with Gasteiger partial charge >= 0.3 is 0 Å². The molecule has 0 radical (unpaired) electrons. The molecule has 5 heteroatoms. The number of nitrogens with one attached hydrogen (secondary N) is 1. The molecule has 21 heavy (non-hydrogen) atoms.